The van der Waals surface area contributed by atoms with Gasteiger partial charge in [-0.2, -0.15) is 0 Å². The standard InChI is InChI=1S/C26H22Cl2N2O2S/c1-25(2)16-30(23(31)17-9-7-10-19(27)14-17)26(33-25)20-11-4-6-13-22(20)29(24(26)32)15-18-8-3-5-12-21(18)28/h3-14H,15-16H2,1-2H3/t26-/m1/s1. The molecule has 1 saturated heterocycles. The highest BCUT2D eigenvalue weighted by Gasteiger charge is 2.63. The Morgan fingerprint density at radius 1 is 1.00 bits per heavy atom. The number of para-hydroxylation sites is 1. The fourth-order valence-corrected chi connectivity index (χ4v) is 6.80. The molecule has 33 heavy (non-hydrogen) atoms. The number of fused-ring (bicyclic) bond motifs is 2. The smallest absolute Gasteiger partial charge is 0.268 e. The molecule has 1 fully saturated rings. The predicted octanol–water partition coefficient (Wildman–Crippen LogP) is 6.36. The molecule has 168 valence electrons. The van der Waals surface area contributed by atoms with Crippen LogP contribution < -0.4 is 4.90 Å². The topological polar surface area (TPSA) is 40.6 Å². The second kappa shape index (κ2) is 8.08. The lowest BCUT2D eigenvalue weighted by Crippen LogP contribution is -2.50. The van der Waals surface area contributed by atoms with Gasteiger partial charge in [0.15, 0.2) is 4.87 Å². The molecule has 1 atom stereocenters. The van der Waals surface area contributed by atoms with Crippen LogP contribution in [0.4, 0.5) is 5.69 Å². The zero-order valence-electron chi connectivity index (χ0n) is 18.2. The largest absolute Gasteiger partial charge is 0.310 e. The van der Waals surface area contributed by atoms with Crippen LogP contribution in [0, 0.1) is 0 Å². The van der Waals surface area contributed by atoms with Crippen LogP contribution in [0.5, 0.6) is 0 Å². The molecule has 2 aliphatic heterocycles. The van der Waals surface area contributed by atoms with E-state index in [9.17, 15) is 9.59 Å². The molecule has 1 spiro atoms. The fourth-order valence-electron chi connectivity index (χ4n) is 4.69. The molecule has 3 aromatic carbocycles. The third kappa shape index (κ3) is 3.63. The van der Waals surface area contributed by atoms with E-state index in [0.717, 1.165) is 16.8 Å². The van der Waals surface area contributed by atoms with Crippen LogP contribution in [-0.4, -0.2) is 28.0 Å². The van der Waals surface area contributed by atoms with Gasteiger partial charge >= 0.3 is 0 Å². The van der Waals surface area contributed by atoms with Gasteiger partial charge in [0.2, 0.25) is 0 Å². The number of rotatable bonds is 3. The highest BCUT2D eigenvalue weighted by atomic mass is 35.5. The molecular weight excluding hydrogens is 475 g/mol. The maximum Gasteiger partial charge on any atom is 0.268 e. The summed E-state index contributed by atoms with van der Waals surface area (Å²) in [7, 11) is 0. The number of hydrogen-bond donors (Lipinski definition) is 0. The van der Waals surface area contributed by atoms with Crippen LogP contribution in [0.3, 0.4) is 0 Å². The average molecular weight is 497 g/mol. The van der Waals surface area contributed by atoms with Crippen LogP contribution >= 0.6 is 35.0 Å². The van der Waals surface area contributed by atoms with Crippen molar-refractivity contribution in [2.24, 2.45) is 0 Å². The normalized spacial score (nSPS) is 21.0. The molecule has 0 unspecified atom stereocenters. The van der Waals surface area contributed by atoms with E-state index in [1.54, 1.807) is 34.1 Å². The third-order valence-corrected chi connectivity index (χ3v) is 8.24. The van der Waals surface area contributed by atoms with Crippen molar-refractivity contribution in [3.05, 3.63) is 99.5 Å². The Morgan fingerprint density at radius 3 is 2.48 bits per heavy atom. The van der Waals surface area contributed by atoms with E-state index in [2.05, 4.69) is 13.8 Å². The highest BCUT2D eigenvalue weighted by molar-refractivity contribution is 8.02. The summed E-state index contributed by atoms with van der Waals surface area (Å²) in [5.41, 5.74) is 2.95. The molecule has 0 aromatic heterocycles. The summed E-state index contributed by atoms with van der Waals surface area (Å²) in [6.45, 7) is 4.90. The van der Waals surface area contributed by atoms with Crippen molar-refractivity contribution in [3.63, 3.8) is 0 Å². The minimum Gasteiger partial charge on any atom is -0.310 e. The fraction of sp³-hybridized carbons (Fsp3) is 0.231. The van der Waals surface area contributed by atoms with Gasteiger partial charge in [0, 0.05) is 32.5 Å². The molecule has 0 N–H and O–H groups in total. The first-order valence-corrected chi connectivity index (χ1v) is 12.2. The van der Waals surface area contributed by atoms with Gasteiger partial charge < -0.3 is 9.80 Å². The van der Waals surface area contributed by atoms with Gasteiger partial charge in [-0.1, -0.05) is 65.7 Å². The van der Waals surface area contributed by atoms with E-state index in [1.807, 2.05) is 48.5 Å². The van der Waals surface area contributed by atoms with Gasteiger partial charge in [-0.15, -0.1) is 11.8 Å². The molecule has 7 heteroatoms. The molecule has 3 aromatic rings. The summed E-state index contributed by atoms with van der Waals surface area (Å²) in [4.78, 5) is 30.4. The number of carbonyl (C=O) groups is 2. The minimum atomic E-state index is -1.15. The zero-order chi connectivity index (χ0) is 23.4. The Kier molecular flexibility index (Phi) is 5.47. The number of carbonyl (C=O) groups excluding carboxylic acids is 2. The molecule has 0 aliphatic carbocycles. The third-order valence-electron chi connectivity index (χ3n) is 6.04. The van der Waals surface area contributed by atoms with Crippen molar-refractivity contribution < 1.29 is 9.59 Å². The monoisotopic (exact) mass is 496 g/mol. The maximum atomic E-state index is 14.2. The van der Waals surface area contributed by atoms with Crippen LogP contribution in [0.1, 0.15) is 35.3 Å². The van der Waals surface area contributed by atoms with Crippen LogP contribution in [0.25, 0.3) is 0 Å². The van der Waals surface area contributed by atoms with Crippen LogP contribution in [-0.2, 0) is 16.2 Å². The van der Waals surface area contributed by atoms with Crippen molar-refractivity contribution in [2.75, 3.05) is 11.4 Å². The lowest BCUT2D eigenvalue weighted by Gasteiger charge is -2.33. The number of benzene rings is 3. The van der Waals surface area contributed by atoms with Crippen molar-refractivity contribution in [3.8, 4) is 0 Å². The van der Waals surface area contributed by atoms with Crippen molar-refractivity contribution >= 4 is 52.5 Å². The first kappa shape index (κ1) is 22.3. The predicted molar refractivity (Wildman–Crippen MR) is 135 cm³/mol. The number of amides is 2. The second-order valence-corrected chi connectivity index (χ2v) is 11.7. The summed E-state index contributed by atoms with van der Waals surface area (Å²) in [6.07, 6.45) is 0. The van der Waals surface area contributed by atoms with Crippen LogP contribution in [0.15, 0.2) is 72.8 Å². The summed E-state index contributed by atoms with van der Waals surface area (Å²) in [5, 5.41) is 1.09. The number of thioether (sulfide) groups is 1. The maximum absolute atomic E-state index is 14.2. The SMILES string of the molecule is CC1(C)CN(C(=O)c2cccc(Cl)c2)[C@]2(S1)C(=O)N(Cc1ccccc1Cl)c1ccccc12. The van der Waals surface area contributed by atoms with Gasteiger partial charge in [-0.25, -0.2) is 0 Å². The van der Waals surface area contributed by atoms with Gasteiger partial charge in [0.25, 0.3) is 11.8 Å². The molecule has 2 heterocycles. The van der Waals surface area contributed by atoms with Gasteiger partial charge in [-0.3, -0.25) is 9.59 Å². The van der Waals surface area contributed by atoms with Crippen molar-refractivity contribution in [1.82, 2.24) is 4.90 Å². The number of anilines is 1. The first-order chi connectivity index (χ1) is 15.7. The van der Waals surface area contributed by atoms with E-state index in [1.165, 1.54) is 11.8 Å². The van der Waals surface area contributed by atoms with E-state index >= 15 is 0 Å². The highest BCUT2D eigenvalue weighted by Crippen LogP contribution is 2.60. The first-order valence-electron chi connectivity index (χ1n) is 10.7. The second-order valence-electron chi connectivity index (χ2n) is 8.91. The summed E-state index contributed by atoms with van der Waals surface area (Å²) < 4.78 is -0.322. The van der Waals surface area contributed by atoms with Crippen molar-refractivity contribution in [2.45, 2.75) is 30.0 Å². The summed E-state index contributed by atoms with van der Waals surface area (Å²) in [6, 6.07) is 22.1. The van der Waals surface area contributed by atoms with Gasteiger partial charge in [0.1, 0.15) is 0 Å². The Balaban J connectivity index is 1.64. The Morgan fingerprint density at radius 2 is 1.73 bits per heavy atom. The van der Waals surface area contributed by atoms with Crippen molar-refractivity contribution in [1.29, 1.82) is 0 Å². The quantitative estimate of drug-likeness (QED) is 0.423. The Labute approximate surface area is 207 Å². The van der Waals surface area contributed by atoms with E-state index in [-0.39, 0.29) is 16.6 Å². The lowest BCUT2D eigenvalue weighted by atomic mass is 10.0. The van der Waals surface area contributed by atoms with Gasteiger partial charge in [0.05, 0.1) is 12.2 Å². The molecule has 4 nitrogen and oxygen atoms in total. The summed E-state index contributed by atoms with van der Waals surface area (Å²) >= 11 is 14.1. The Hall–Kier alpha value is -2.47. The molecule has 0 radical (unpaired) electrons. The Bertz CT molecular complexity index is 1280. The molecule has 2 aliphatic rings. The molecular formula is C26H22Cl2N2O2S. The van der Waals surface area contributed by atoms with E-state index in [4.69, 9.17) is 23.2 Å². The van der Waals surface area contributed by atoms with E-state index in [0.29, 0.717) is 28.7 Å². The van der Waals surface area contributed by atoms with E-state index < -0.39 is 4.87 Å². The minimum absolute atomic E-state index is 0.130. The molecule has 0 saturated carbocycles. The van der Waals surface area contributed by atoms with Crippen LogP contribution in [0.2, 0.25) is 10.0 Å². The number of nitrogens with zero attached hydrogens (tertiary/aromatic N) is 2. The average Bonchev–Trinajstić information content (AvgIpc) is 3.21. The molecule has 0 bridgehead atoms. The van der Waals surface area contributed by atoms with Gasteiger partial charge in [-0.05, 0) is 49.7 Å². The number of hydrogen-bond acceptors (Lipinski definition) is 3. The zero-order valence-corrected chi connectivity index (χ0v) is 20.5. The number of halogens is 2. The molecule has 5 rings (SSSR count). The summed E-state index contributed by atoms with van der Waals surface area (Å²) in [5.74, 6) is -0.340. The molecule has 2 amide bonds. The lowest BCUT2D eigenvalue weighted by molar-refractivity contribution is -0.123.